The average molecular weight is 566 g/mol. The highest BCUT2D eigenvalue weighted by atomic mass is 79.9. The molecule has 0 aromatic carbocycles. The van der Waals surface area contributed by atoms with Gasteiger partial charge in [-0.25, -0.2) is 19.9 Å². The first kappa shape index (κ1) is 21.6. The Morgan fingerprint density at radius 2 is 1.22 bits per heavy atom. The van der Waals surface area contributed by atoms with E-state index in [0.29, 0.717) is 23.5 Å². The van der Waals surface area contributed by atoms with E-state index in [9.17, 15) is 0 Å². The van der Waals surface area contributed by atoms with Crippen LogP contribution >= 0.6 is 31.9 Å². The molecule has 6 heterocycles. The van der Waals surface area contributed by atoms with Crippen LogP contribution in [-0.4, -0.2) is 55.2 Å². The number of nitrogen functional groups attached to an aromatic ring is 2. The highest BCUT2D eigenvalue weighted by Gasteiger charge is 2.25. The van der Waals surface area contributed by atoms with Gasteiger partial charge in [-0.2, -0.15) is 0 Å². The summed E-state index contributed by atoms with van der Waals surface area (Å²) in [5.41, 5.74) is 13.3. The SMILES string of the molecule is Nc1nccn2c(C3CCOC3)nc(Br)c12.Nc1nccn2c(C3CCOC3)nc(Br)c12. The van der Waals surface area contributed by atoms with Gasteiger partial charge in [-0.1, -0.05) is 0 Å². The third kappa shape index (κ3) is 3.85. The second-order valence-corrected chi connectivity index (χ2v) is 9.21. The maximum atomic E-state index is 5.84. The number of aromatic nitrogens is 6. The van der Waals surface area contributed by atoms with E-state index in [1.54, 1.807) is 12.4 Å². The van der Waals surface area contributed by atoms with E-state index in [1.807, 2.05) is 21.2 Å². The van der Waals surface area contributed by atoms with Crippen molar-refractivity contribution in [1.82, 2.24) is 28.7 Å². The largest absolute Gasteiger partial charge is 0.382 e. The Hall–Kier alpha value is -2.28. The monoisotopic (exact) mass is 564 g/mol. The van der Waals surface area contributed by atoms with Crippen LogP contribution in [0, 0.1) is 0 Å². The number of halogens is 2. The Balaban J connectivity index is 0.000000135. The number of rotatable bonds is 2. The second-order valence-electron chi connectivity index (χ2n) is 7.70. The van der Waals surface area contributed by atoms with Crippen molar-refractivity contribution in [2.45, 2.75) is 24.7 Å². The van der Waals surface area contributed by atoms with E-state index >= 15 is 0 Å². The maximum absolute atomic E-state index is 5.84. The lowest BCUT2D eigenvalue weighted by molar-refractivity contribution is 0.193. The first-order valence-corrected chi connectivity index (χ1v) is 11.8. The van der Waals surface area contributed by atoms with Crippen LogP contribution in [0.3, 0.4) is 0 Å². The van der Waals surface area contributed by atoms with E-state index < -0.39 is 0 Å². The average Bonchev–Trinajstić information content (AvgIpc) is 3.56. The summed E-state index contributed by atoms with van der Waals surface area (Å²) < 4.78 is 16.3. The molecular formula is C20H22Br2N8O2. The van der Waals surface area contributed by atoms with Crippen molar-refractivity contribution in [1.29, 1.82) is 0 Å². The molecule has 2 aliphatic heterocycles. The van der Waals surface area contributed by atoms with Crippen LogP contribution < -0.4 is 11.5 Å². The topological polar surface area (TPSA) is 131 Å². The molecule has 168 valence electrons. The molecule has 32 heavy (non-hydrogen) atoms. The molecule has 2 unspecified atom stereocenters. The summed E-state index contributed by atoms with van der Waals surface area (Å²) in [6.07, 6.45) is 9.17. The fourth-order valence-corrected chi connectivity index (χ4v) is 5.29. The Labute approximate surface area is 200 Å². The van der Waals surface area contributed by atoms with Gasteiger partial charge in [0.15, 0.2) is 11.6 Å². The smallest absolute Gasteiger partial charge is 0.150 e. The van der Waals surface area contributed by atoms with Crippen LogP contribution in [0.2, 0.25) is 0 Å². The zero-order valence-electron chi connectivity index (χ0n) is 17.1. The molecular weight excluding hydrogens is 544 g/mol. The third-order valence-electron chi connectivity index (χ3n) is 5.73. The van der Waals surface area contributed by atoms with Crippen LogP contribution in [0.1, 0.15) is 36.3 Å². The highest BCUT2D eigenvalue weighted by molar-refractivity contribution is 9.10. The number of hydrogen-bond acceptors (Lipinski definition) is 8. The van der Waals surface area contributed by atoms with Gasteiger partial charge in [-0.3, -0.25) is 8.80 Å². The van der Waals surface area contributed by atoms with Crippen molar-refractivity contribution in [3.63, 3.8) is 0 Å². The van der Waals surface area contributed by atoms with Gasteiger partial charge in [0.2, 0.25) is 0 Å². The molecule has 6 rings (SSSR count). The minimum Gasteiger partial charge on any atom is -0.382 e. The van der Waals surface area contributed by atoms with Crippen LogP contribution in [0.4, 0.5) is 11.6 Å². The quantitative estimate of drug-likeness (QED) is 0.379. The number of fused-ring (bicyclic) bond motifs is 2. The minimum atomic E-state index is 0.348. The summed E-state index contributed by atoms with van der Waals surface area (Å²) in [7, 11) is 0. The Morgan fingerprint density at radius 1 is 0.781 bits per heavy atom. The van der Waals surface area contributed by atoms with Crippen molar-refractivity contribution in [2.24, 2.45) is 0 Å². The van der Waals surface area contributed by atoms with E-state index in [1.165, 1.54) is 0 Å². The molecule has 10 nitrogen and oxygen atoms in total. The molecule has 0 radical (unpaired) electrons. The van der Waals surface area contributed by atoms with Gasteiger partial charge in [0, 0.05) is 49.8 Å². The third-order valence-corrected chi connectivity index (χ3v) is 6.83. The Morgan fingerprint density at radius 3 is 1.59 bits per heavy atom. The van der Waals surface area contributed by atoms with Crippen molar-refractivity contribution < 1.29 is 9.47 Å². The van der Waals surface area contributed by atoms with E-state index in [0.717, 1.165) is 71.2 Å². The number of imidazole rings is 2. The number of nitrogens with zero attached hydrogens (tertiary/aromatic N) is 6. The predicted molar refractivity (Wildman–Crippen MR) is 127 cm³/mol. The van der Waals surface area contributed by atoms with Gasteiger partial charge in [0.05, 0.1) is 13.2 Å². The molecule has 0 aliphatic carbocycles. The van der Waals surface area contributed by atoms with Gasteiger partial charge in [-0.05, 0) is 44.7 Å². The van der Waals surface area contributed by atoms with E-state index in [4.69, 9.17) is 20.9 Å². The van der Waals surface area contributed by atoms with Gasteiger partial charge < -0.3 is 20.9 Å². The molecule has 4 N–H and O–H groups in total. The summed E-state index contributed by atoms with van der Waals surface area (Å²) in [6.45, 7) is 3.07. The molecule has 2 atom stereocenters. The van der Waals surface area contributed by atoms with Crippen molar-refractivity contribution in [3.8, 4) is 0 Å². The lowest BCUT2D eigenvalue weighted by atomic mass is 10.1. The number of hydrogen-bond donors (Lipinski definition) is 2. The van der Waals surface area contributed by atoms with Gasteiger partial charge in [-0.15, -0.1) is 0 Å². The molecule has 4 aromatic rings. The Kier molecular flexibility index (Phi) is 6.01. The first-order valence-electron chi connectivity index (χ1n) is 10.3. The molecule has 4 aromatic heterocycles. The Bertz CT molecular complexity index is 1160. The summed E-state index contributed by atoms with van der Waals surface area (Å²) >= 11 is 6.85. The summed E-state index contributed by atoms with van der Waals surface area (Å²) in [6, 6.07) is 0. The van der Waals surface area contributed by atoms with Crippen LogP contribution in [0.15, 0.2) is 34.0 Å². The van der Waals surface area contributed by atoms with Crippen LogP contribution in [0.5, 0.6) is 0 Å². The molecule has 2 saturated heterocycles. The maximum Gasteiger partial charge on any atom is 0.150 e. The molecule has 0 bridgehead atoms. The summed E-state index contributed by atoms with van der Waals surface area (Å²) in [5, 5.41) is 0. The molecule has 0 spiro atoms. The zero-order valence-corrected chi connectivity index (χ0v) is 20.3. The van der Waals surface area contributed by atoms with Gasteiger partial charge in [0.1, 0.15) is 31.9 Å². The lowest BCUT2D eigenvalue weighted by Crippen LogP contribution is -2.04. The van der Waals surface area contributed by atoms with Crippen molar-refractivity contribution in [3.05, 3.63) is 45.6 Å². The fourth-order valence-electron chi connectivity index (χ4n) is 4.14. The summed E-state index contributed by atoms with van der Waals surface area (Å²) in [5.74, 6) is 3.67. The molecule has 2 aliphatic rings. The minimum absolute atomic E-state index is 0.348. The molecule has 2 fully saturated rings. The fraction of sp³-hybridized carbons (Fsp3) is 0.400. The van der Waals surface area contributed by atoms with Gasteiger partial charge in [0.25, 0.3) is 0 Å². The highest BCUT2D eigenvalue weighted by Crippen LogP contribution is 2.31. The second kappa shape index (κ2) is 8.93. The molecule has 12 heteroatoms. The number of anilines is 2. The van der Waals surface area contributed by atoms with Crippen LogP contribution in [-0.2, 0) is 9.47 Å². The number of ether oxygens (including phenoxy) is 2. The standard InChI is InChI=1S/2C10H11BrN4O/c2*11-8-7-9(12)13-2-3-15(7)10(14-8)6-1-4-16-5-6/h2*2-3,6H,1,4-5H2,(H2,12,13). The van der Waals surface area contributed by atoms with Crippen molar-refractivity contribution in [2.75, 3.05) is 37.9 Å². The summed E-state index contributed by atoms with van der Waals surface area (Å²) in [4.78, 5) is 17.2. The predicted octanol–water partition coefficient (Wildman–Crippen LogP) is 3.16. The zero-order chi connectivity index (χ0) is 22.2. The lowest BCUT2D eigenvalue weighted by Gasteiger charge is -2.06. The van der Waals surface area contributed by atoms with Crippen LogP contribution in [0.25, 0.3) is 11.0 Å². The normalized spacial score (nSPS) is 20.7. The van der Waals surface area contributed by atoms with Gasteiger partial charge >= 0.3 is 0 Å². The molecule has 0 amide bonds. The molecule has 0 saturated carbocycles. The first-order chi connectivity index (χ1) is 15.5. The van der Waals surface area contributed by atoms with Crippen molar-refractivity contribution >= 4 is 54.5 Å². The number of nitrogens with two attached hydrogens (primary N) is 2. The van der Waals surface area contributed by atoms with E-state index in [2.05, 4.69) is 51.8 Å². The van der Waals surface area contributed by atoms with E-state index in [-0.39, 0.29) is 0 Å².